The van der Waals surface area contributed by atoms with Gasteiger partial charge in [-0.25, -0.2) is 0 Å². The van der Waals surface area contributed by atoms with Crippen LogP contribution in [0.3, 0.4) is 0 Å². The van der Waals surface area contributed by atoms with Gasteiger partial charge < -0.3 is 15.3 Å². The van der Waals surface area contributed by atoms with E-state index in [9.17, 15) is 9.90 Å². The molecule has 82 valence electrons. The number of phenolic OH excluding ortho intramolecular Hbond substituents is 1. The van der Waals surface area contributed by atoms with E-state index in [0.717, 1.165) is 5.56 Å². The summed E-state index contributed by atoms with van der Waals surface area (Å²) in [5.74, 6) is 0.0981. The lowest BCUT2D eigenvalue weighted by Gasteiger charge is -2.10. The van der Waals surface area contributed by atoms with Crippen molar-refractivity contribution in [1.29, 1.82) is 0 Å². The second kappa shape index (κ2) is 4.79. The van der Waals surface area contributed by atoms with Gasteiger partial charge in [-0.1, -0.05) is 6.07 Å². The molecule has 0 atom stereocenters. The molecular weight excluding hydrogens is 192 g/mol. The third-order valence-corrected chi connectivity index (χ3v) is 1.95. The van der Waals surface area contributed by atoms with Crippen LogP contribution in [0, 0.1) is 6.92 Å². The van der Waals surface area contributed by atoms with Gasteiger partial charge in [-0.05, 0) is 32.6 Å². The molecule has 0 saturated carbocycles. The maximum atomic E-state index is 11.4. The Hall–Kier alpha value is -1.55. The van der Waals surface area contributed by atoms with Crippen LogP contribution in [0.2, 0.25) is 0 Å². The van der Waals surface area contributed by atoms with Gasteiger partial charge in [0.2, 0.25) is 5.91 Å². The largest absolute Gasteiger partial charge is 0.508 e. The van der Waals surface area contributed by atoms with Gasteiger partial charge in [-0.3, -0.25) is 4.79 Å². The van der Waals surface area contributed by atoms with E-state index < -0.39 is 0 Å². The molecule has 4 nitrogen and oxygen atoms in total. The molecular formula is C11H16N2O2. The molecule has 0 aliphatic carbocycles. The number of carbonyl (C=O) groups excluding carboxylic acids is 1. The van der Waals surface area contributed by atoms with Crippen molar-refractivity contribution in [3.8, 4) is 5.75 Å². The van der Waals surface area contributed by atoms with Crippen LogP contribution in [0.15, 0.2) is 18.2 Å². The molecule has 1 rings (SSSR count). The number of aromatic hydroxyl groups is 1. The van der Waals surface area contributed by atoms with Crippen LogP contribution < -0.4 is 5.32 Å². The number of amides is 1. The number of rotatable bonds is 3. The summed E-state index contributed by atoms with van der Waals surface area (Å²) in [6, 6.07) is 5.08. The molecule has 0 bridgehead atoms. The van der Waals surface area contributed by atoms with Crippen LogP contribution in [0.4, 0.5) is 5.69 Å². The van der Waals surface area contributed by atoms with Gasteiger partial charge in [0.15, 0.2) is 0 Å². The Morgan fingerprint density at radius 2 is 2.13 bits per heavy atom. The molecule has 0 aromatic heterocycles. The number of anilines is 1. The van der Waals surface area contributed by atoms with Crippen molar-refractivity contribution in [2.75, 3.05) is 26.0 Å². The van der Waals surface area contributed by atoms with Crippen LogP contribution in [0.25, 0.3) is 0 Å². The van der Waals surface area contributed by atoms with Crippen molar-refractivity contribution in [3.05, 3.63) is 23.8 Å². The highest BCUT2D eigenvalue weighted by Gasteiger charge is 2.04. The van der Waals surface area contributed by atoms with E-state index in [2.05, 4.69) is 5.32 Å². The predicted octanol–water partition coefficient (Wildman–Crippen LogP) is 1.20. The zero-order valence-corrected chi connectivity index (χ0v) is 9.24. The van der Waals surface area contributed by atoms with Crippen LogP contribution in [0.1, 0.15) is 5.56 Å². The lowest BCUT2D eigenvalue weighted by atomic mass is 10.2. The van der Waals surface area contributed by atoms with E-state index >= 15 is 0 Å². The number of aryl methyl sites for hydroxylation is 1. The van der Waals surface area contributed by atoms with Gasteiger partial charge in [0.25, 0.3) is 0 Å². The minimum Gasteiger partial charge on any atom is -0.508 e. The van der Waals surface area contributed by atoms with Gasteiger partial charge in [0, 0.05) is 11.8 Å². The van der Waals surface area contributed by atoms with Crippen LogP contribution in [-0.2, 0) is 4.79 Å². The van der Waals surface area contributed by atoms with Crippen molar-refractivity contribution in [1.82, 2.24) is 4.90 Å². The molecule has 0 saturated heterocycles. The van der Waals surface area contributed by atoms with Crippen molar-refractivity contribution in [2.45, 2.75) is 6.92 Å². The van der Waals surface area contributed by atoms with E-state index in [-0.39, 0.29) is 11.7 Å². The lowest BCUT2D eigenvalue weighted by Crippen LogP contribution is -2.27. The quantitative estimate of drug-likeness (QED) is 0.784. The molecule has 0 fully saturated rings. The van der Waals surface area contributed by atoms with Crippen LogP contribution in [0.5, 0.6) is 5.75 Å². The average Bonchev–Trinajstić information content (AvgIpc) is 2.10. The Labute approximate surface area is 89.5 Å². The number of nitrogens with zero attached hydrogens (tertiary/aromatic N) is 1. The summed E-state index contributed by atoms with van der Waals surface area (Å²) < 4.78 is 0. The fourth-order valence-electron chi connectivity index (χ4n) is 1.17. The number of likely N-dealkylation sites (N-methyl/N-ethyl adjacent to an activating group) is 1. The van der Waals surface area contributed by atoms with Crippen molar-refractivity contribution in [3.63, 3.8) is 0 Å². The number of nitrogens with one attached hydrogen (secondary N) is 1. The Morgan fingerprint density at radius 1 is 1.47 bits per heavy atom. The van der Waals surface area contributed by atoms with Crippen molar-refractivity contribution >= 4 is 11.6 Å². The Bertz CT molecular complexity index is 362. The third kappa shape index (κ3) is 3.59. The molecule has 0 aliphatic heterocycles. The molecule has 0 heterocycles. The van der Waals surface area contributed by atoms with E-state index in [0.29, 0.717) is 12.2 Å². The predicted molar refractivity (Wildman–Crippen MR) is 60.0 cm³/mol. The summed E-state index contributed by atoms with van der Waals surface area (Å²) in [5, 5.41) is 12.1. The molecule has 4 heteroatoms. The second-order valence-electron chi connectivity index (χ2n) is 3.79. The number of hydrogen-bond acceptors (Lipinski definition) is 3. The van der Waals surface area contributed by atoms with Gasteiger partial charge in [-0.2, -0.15) is 0 Å². The fourth-order valence-corrected chi connectivity index (χ4v) is 1.17. The maximum absolute atomic E-state index is 11.4. The molecule has 1 aromatic carbocycles. The second-order valence-corrected chi connectivity index (χ2v) is 3.79. The molecule has 1 amide bonds. The molecule has 0 radical (unpaired) electrons. The van der Waals surface area contributed by atoms with Crippen molar-refractivity contribution in [2.24, 2.45) is 0 Å². The summed E-state index contributed by atoms with van der Waals surface area (Å²) >= 11 is 0. The first-order valence-corrected chi connectivity index (χ1v) is 4.73. The van der Waals surface area contributed by atoms with E-state index in [1.807, 2.05) is 14.1 Å². The molecule has 0 spiro atoms. The summed E-state index contributed by atoms with van der Waals surface area (Å²) in [7, 11) is 3.65. The number of phenols is 1. The molecule has 15 heavy (non-hydrogen) atoms. The Morgan fingerprint density at radius 3 is 2.67 bits per heavy atom. The van der Waals surface area contributed by atoms with E-state index in [1.54, 1.807) is 30.0 Å². The Kier molecular flexibility index (Phi) is 3.68. The molecule has 0 unspecified atom stereocenters. The SMILES string of the molecule is Cc1ccc(NC(=O)CN(C)C)cc1O. The highest BCUT2D eigenvalue weighted by molar-refractivity contribution is 5.92. The van der Waals surface area contributed by atoms with Crippen LogP contribution in [-0.4, -0.2) is 36.6 Å². The summed E-state index contributed by atoms with van der Waals surface area (Å²) in [6.07, 6.45) is 0. The van der Waals surface area contributed by atoms with Gasteiger partial charge in [0.05, 0.1) is 6.54 Å². The maximum Gasteiger partial charge on any atom is 0.238 e. The van der Waals surface area contributed by atoms with Crippen molar-refractivity contribution < 1.29 is 9.90 Å². The minimum absolute atomic E-state index is 0.0942. The first kappa shape index (κ1) is 11.5. The molecule has 1 aromatic rings. The number of carbonyl (C=O) groups is 1. The first-order valence-electron chi connectivity index (χ1n) is 4.73. The smallest absolute Gasteiger partial charge is 0.238 e. The highest BCUT2D eigenvalue weighted by Crippen LogP contribution is 2.20. The van der Waals surface area contributed by atoms with Crippen LogP contribution >= 0.6 is 0 Å². The standard InChI is InChI=1S/C11H16N2O2/c1-8-4-5-9(6-10(8)14)12-11(15)7-13(2)3/h4-6,14H,7H2,1-3H3,(H,12,15). The first-order chi connectivity index (χ1) is 6.99. The van der Waals surface area contributed by atoms with Gasteiger partial charge in [0.1, 0.15) is 5.75 Å². The number of hydrogen-bond donors (Lipinski definition) is 2. The average molecular weight is 208 g/mol. The third-order valence-electron chi connectivity index (χ3n) is 1.95. The normalized spacial score (nSPS) is 10.4. The summed E-state index contributed by atoms with van der Waals surface area (Å²) in [4.78, 5) is 13.2. The molecule has 2 N–H and O–H groups in total. The highest BCUT2D eigenvalue weighted by atomic mass is 16.3. The van der Waals surface area contributed by atoms with Gasteiger partial charge in [-0.15, -0.1) is 0 Å². The zero-order valence-electron chi connectivity index (χ0n) is 9.24. The Balaban J connectivity index is 2.65. The summed E-state index contributed by atoms with van der Waals surface area (Å²) in [5.41, 5.74) is 1.41. The van der Waals surface area contributed by atoms with E-state index in [1.165, 1.54) is 0 Å². The summed E-state index contributed by atoms with van der Waals surface area (Å²) in [6.45, 7) is 2.13. The lowest BCUT2D eigenvalue weighted by molar-refractivity contribution is -0.116. The van der Waals surface area contributed by atoms with E-state index in [4.69, 9.17) is 0 Å². The monoisotopic (exact) mass is 208 g/mol. The van der Waals surface area contributed by atoms with Gasteiger partial charge >= 0.3 is 0 Å². The zero-order chi connectivity index (χ0) is 11.4. The topological polar surface area (TPSA) is 52.6 Å². The molecule has 0 aliphatic rings. The minimum atomic E-state index is -0.0942. The fraction of sp³-hybridized carbons (Fsp3) is 0.364. The number of benzene rings is 1.